The number of nitrogens with zero attached hydrogens (tertiary/aromatic N) is 2. The van der Waals surface area contributed by atoms with E-state index in [1.165, 1.54) is 13.2 Å². The van der Waals surface area contributed by atoms with Crippen molar-refractivity contribution in [1.29, 1.82) is 0 Å². The Kier molecular flexibility index (Phi) is 9.20. The monoisotopic (exact) mass is 520 g/mol. The van der Waals surface area contributed by atoms with Gasteiger partial charge in [-0.15, -0.1) is 0 Å². The van der Waals surface area contributed by atoms with Gasteiger partial charge in [-0.2, -0.15) is 0 Å². The molecule has 0 saturated carbocycles. The smallest absolute Gasteiger partial charge is 0.337 e. The second-order valence-corrected chi connectivity index (χ2v) is 9.33. The van der Waals surface area contributed by atoms with Crippen LogP contribution < -0.4 is 5.56 Å². The topological polar surface area (TPSA) is 51.5 Å². The molecule has 0 saturated heterocycles. The number of halogens is 3. The Labute approximate surface area is 214 Å². The molecule has 3 aromatic rings. The maximum atomic E-state index is 12.9. The summed E-state index contributed by atoms with van der Waals surface area (Å²) in [5.74, 6) is -0.387. The number of hydrogen-bond donors (Lipinski definition) is 0. The largest absolute Gasteiger partial charge is 0.465 e. The lowest BCUT2D eigenvalue weighted by atomic mass is 10.1. The second kappa shape index (κ2) is 11.9. The number of ether oxygens (including phenoxy) is 1. The van der Waals surface area contributed by atoms with Crippen LogP contribution in [0.25, 0.3) is 0 Å². The van der Waals surface area contributed by atoms with Crippen LogP contribution >= 0.6 is 34.8 Å². The van der Waals surface area contributed by atoms with Crippen molar-refractivity contribution < 1.29 is 9.53 Å². The molecule has 0 aliphatic carbocycles. The highest BCUT2D eigenvalue weighted by atomic mass is 35.5. The quantitative estimate of drug-likeness (QED) is 0.321. The zero-order valence-electron chi connectivity index (χ0n) is 19.4. The fourth-order valence-corrected chi connectivity index (χ4v) is 4.69. The molecule has 180 valence electrons. The molecule has 0 spiro atoms. The highest BCUT2D eigenvalue weighted by molar-refractivity contribution is 6.34. The van der Waals surface area contributed by atoms with Gasteiger partial charge in [0.25, 0.3) is 5.56 Å². The standard InChI is InChI=1S/C26H27Cl3N2O3/c1-17(20-6-4-5-7-21(20)27)30(2)14-13-24-22(28)16-23(29)25(32)31(24)15-12-18-8-10-19(11-9-18)26(33)34-3/h4-11,16-17H,12-15H2,1-3H3. The number of carbonyl (C=O) groups is 1. The van der Waals surface area contributed by atoms with E-state index in [2.05, 4.69) is 11.8 Å². The Morgan fingerprint density at radius 2 is 1.68 bits per heavy atom. The lowest BCUT2D eigenvalue weighted by molar-refractivity contribution is 0.0600. The molecule has 2 aromatic carbocycles. The van der Waals surface area contributed by atoms with Crippen molar-refractivity contribution in [2.24, 2.45) is 0 Å². The van der Waals surface area contributed by atoms with Gasteiger partial charge in [-0.3, -0.25) is 9.69 Å². The van der Waals surface area contributed by atoms with Crippen LogP contribution in [0.5, 0.6) is 0 Å². The third kappa shape index (κ3) is 6.22. The van der Waals surface area contributed by atoms with E-state index in [1.807, 2.05) is 43.4 Å². The summed E-state index contributed by atoms with van der Waals surface area (Å²) < 4.78 is 6.38. The molecule has 0 amide bonds. The summed E-state index contributed by atoms with van der Waals surface area (Å²) >= 11 is 19.1. The lowest BCUT2D eigenvalue weighted by Crippen LogP contribution is -2.30. The Hall–Kier alpha value is -2.31. The van der Waals surface area contributed by atoms with Crippen LogP contribution in [0.1, 0.15) is 40.1 Å². The van der Waals surface area contributed by atoms with Crippen LogP contribution in [-0.2, 0) is 24.1 Å². The van der Waals surface area contributed by atoms with Crippen LogP contribution in [0.4, 0.5) is 0 Å². The number of esters is 1. The Morgan fingerprint density at radius 1 is 1.00 bits per heavy atom. The number of methoxy groups -OCH3 is 1. The molecule has 8 heteroatoms. The summed E-state index contributed by atoms with van der Waals surface area (Å²) in [5, 5.41) is 1.28. The summed E-state index contributed by atoms with van der Waals surface area (Å²) in [6, 6.07) is 16.5. The summed E-state index contributed by atoms with van der Waals surface area (Å²) in [6.45, 7) is 3.17. The first-order valence-corrected chi connectivity index (χ1v) is 12.1. The minimum atomic E-state index is -0.387. The number of likely N-dealkylation sites (N-methyl/N-ethyl adjacent to an activating group) is 1. The minimum Gasteiger partial charge on any atom is -0.465 e. The lowest BCUT2D eigenvalue weighted by Gasteiger charge is -2.26. The molecule has 3 rings (SSSR count). The van der Waals surface area contributed by atoms with E-state index in [-0.39, 0.29) is 22.6 Å². The first-order chi connectivity index (χ1) is 16.2. The molecular formula is C26H27Cl3N2O3. The molecule has 1 aromatic heterocycles. The Balaban J connectivity index is 1.76. The molecule has 0 N–H and O–H groups in total. The van der Waals surface area contributed by atoms with Gasteiger partial charge in [-0.25, -0.2) is 4.79 Å². The number of rotatable bonds is 9. The Bertz CT molecular complexity index is 1210. The summed E-state index contributed by atoms with van der Waals surface area (Å²) in [4.78, 5) is 26.7. The highest BCUT2D eigenvalue weighted by Crippen LogP contribution is 2.27. The molecule has 0 bridgehead atoms. The molecule has 0 aliphatic heterocycles. The van der Waals surface area contributed by atoms with E-state index < -0.39 is 0 Å². The number of pyridine rings is 1. The van der Waals surface area contributed by atoms with Gasteiger partial charge < -0.3 is 9.30 Å². The maximum absolute atomic E-state index is 12.9. The normalized spacial score (nSPS) is 12.1. The van der Waals surface area contributed by atoms with E-state index >= 15 is 0 Å². The summed E-state index contributed by atoms with van der Waals surface area (Å²) in [6.07, 6.45) is 1.15. The van der Waals surface area contributed by atoms with Crippen LogP contribution in [-0.4, -0.2) is 36.1 Å². The number of benzene rings is 2. The number of hydrogen-bond acceptors (Lipinski definition) is 4. The van der Waals surface area contributed by atoms with Crippen LogP contribution in [0.2, 0.25) is 15.1 Å². The van der Waals surface area contributed by atoms with Gasteiger partial charge in [0.2, 0.25) is 0 Å². The number of carbonyl (C=O) groups excluding carboxylic acids is 1. The van der Waals surface area contributed by atoms with Gasteiger partial charge in [0, 0.05) is 36.3 Å². The van der Waals surface area contributed by atoms with Gasteiger partial charge in [0.1, 0.15) is 5.02 Å². The predicted octanol–water partition coefficient (Wildman–Crippen LogP) is 6.07. The minimum absolute atomic E-state index is 0.0904. The summed E-state index contributed by atoms with van der Waals surface area (Å²) in [5.41, 5.74) is 2.97. The average molecular weight is 522 g/mol. The molecular weight excluding hydrogens is 495 g/mol. The van der Waals surface area contributed by atoms with Crippen LogP contribution in [0, 0.1) is 0 Å². The molecule has 0 radical (unpaired) electrons. The van der Waals surface area contributed by atoms with Crippen LogP contribution in [0.15, 0.2) is 59.4 Å². The van der Waals surface area contributed by atoms with E-state index in [0.29, 0.717) is 36.5 Å². The van der Waals surface area contributed by atoms with Crippen molar-refractivity contribution in [3.05, 3.63) is 102 Å². The molecule has 0 fully saturated rings. The molecule has 1 unspecified atom stereocenters. The maximum Gasteiger partial charge on any atom is 0.337 e. The van der Waals surface area contributed by atoms with Crippen molar-refractivity contribution in [2.45, 2.75) is 32.4 Å². The van der Waals surface area contributed by atoms with Gasteiger partial charge in [0.05, 0.1) is 17.7 Å². The van der Waals surface area contributed by atoms with E-state index in [1.54, 1.807) is 16.7 Å². The van der Waals surface area contributed by atoms with E-state index in [9.17, 15) is 9.59 Å². The van der Waals surface area contributed by atoms with Crippen LogP contribution in [0.3, 0.4) is 0 Å². The van der Waals surface area contributed by atoms with Crippen molar-refractivity contribution >= 4 is 40.8 Å². The highest BCUT2D eigenvalue weighted by Gasteiger charge is 2.18. The molecule has 1 heterocycles. The first-order valence-electron chi connectivity index (χ1n) is 10.9. The third-order valence-electron chi connectivity index (χ3n) is 6.02. The average Bonchev–Trinajstić information content (AvgIpc) is 2.84. The van der Waals surface area contributed by atoms with Gasteiger partial charge in [-0.1, -0.05) is 65.1 Å². The van der Waals surface area contributed by atoms with Crippen molar-refractivity contribution in [1.82, 2.24) is 9.47 Å². The van der Waals surface area contributed by atoms with E-state index in [0.717, 1.165) is 21.8 Å². The zero-order valence-corrected chi connectivity index (χ0v) is 21.6. The van der Waals surface area contributed by atoms with Gasteiger partial charge in [0.15, 0.2) is 0 Å². The molecule has 5 nitrogen and oxygen atoms in total. The predicted molar refractivity (Wildman–Crippen MR) is 138 cm³/mol. The first kappa shape index (κ1) is 26.3. The SMILES string of the molecule is COC(=O)c1ccc(CCn2c(CCN(C)C(C)c3ccccc3Cl)c(Cl)cc(Cl)c2=O)cc1. The molecule has 0 aliphatic rings. The van der Waals surface area contributed by atoms with Gasteiger partial charge >= 0.3 is 5.97 Å². The molecule has 1 atom stereocenters. The molecule has 34 heavy (non-hydrogen) atoms. The third-order valence-corrected chi connectivity index (χ3v) is 6.96. The second-order valence-electron chi connectivity index (χ2n) is 8.11. The fraction of sp³-hybridized carbons (Fsp3) is 0.308. The van der Waals surface area contributed by atoms with Crippen molar-refractivity contribution in [2.75, 3.05) is 20.7 Å². The number of aromatic nitrogens is 1. The summed E-state index contributed by atoms with van der Waals surface area (Å²) in [7, 11) is 3.36. The van der Waals surface area contributed by atoms with Crippen molar-refractivity contribution in [3.63, 3.8) is 0 Å². The Morgan fingerprint density at radius 3 is 2.32 bits per heavy atom. The number of aryl methyl sites for hydroxylation is 1. The van der Waals surface area contributed by atoms with Gasteiger partial charge in [-0.05, 0) is 55.8 Å². The fourth-order valence-electron chi connectivity index (χ4n) is 3.82. The van der Waals surface area contributed by atoms with Crippen molar-refractivity contribution in [3.8, 4) is 0 Å². The van der Waals surface area contributed by atoms with E-state index in [4.69, 9.17) is 39.5 Å². The zero-order chi connectivity index (χ0) is 24.8.